The fraction of sp³-hybridized carbons (Fsp3) is 0.417. The molecule has 2 nitrogen and oxygen atoms in total. The van der Waals surface area contributed by atoms with E-state index < -0.39 is 5.82 Å². The van der Waals surface area contributed by atoms with Gasteiger partial charge in [0.15, 0.2) is 0 Å². The van der Waals surface area contributed by atoms with Crippen molar-refractivity contribution in [1.82, 2.24) is 0 Å². The Bertz CT molecular complexity index is 366. The molecule has 0 amide bonds. The summed E-state index contributed by atoms with van der Waals surface area (Å²) in [5.74, 6) is 0.158. The highest BCUT2D eigenvalue weighted by molar-refractivity contribution is 6.30. The Morgan fingerprint density at radius 1 is 1.44 bits per heavy atom. The Hall–Kier alpha value is -1.09. The predicted octanol–water partition coefficient (Wildman–Crippen LogP) is 3.62. The van der Waals surface area contributed by atoms with Gasteiger partial charge in [0, 0.05) is 12.5 Å². The highest BCUT2D eigenvalue weighted by Crippen LogP contribution is 2.20. The molecular weight excluding hydrogens is 231 g/mol. The van der Waals surface area contributed by atoms with Gasteiger partial charge in [-0.1, -0.05) is 11.6 Å². The van der Waals surface area contributed by atoms with Gasteiger partial charge in [-0.2, -0.15) is 0 Å². The van der Waals surface area contributed by atoms with E-state index in [1.54, 1.807) is 13.0 Å². The molecule has 1 aromatic rings. The molecular formula is C12H14ClFO2. The van der Waals surface area contributed by atoms with E-state index in [-0.39, 0.29) is 10.8 Å². The maximum absolute atomic E-state index is 13.0. The highest BCUT2D eigenvalue weighted by atomic mass is 35.5. The second-order valence-corrected chi connectivity index (χ2v) is 3.99. The van der Waals surface area contributed by atoms with Gasteiger partial charge in [-0.25, -0.2) is 4.39 Å². The smallest absolute Gasteiger partial charge is 0.145 e. The normalized spacial score (nSPS) is 10.2. The number of unbranched alkanes of at least 4 members (excludes halogenated alkanes) is 1. The van der Waals surface area contributed by atoms with Gasteiger partial charge in [0.1, 0.15) is 17.3 Å². The molecule has 1 rings (SSSR count). The van der Waals surface area contributed by atoms with E-state index in [1.165, 1.54) is 12.1 Å². The number of ketones is 1. The first-order chi connectivity index (χ1) is 7.59. The standard InChI is InChI=1S/C12H14ClFO2/c1-9(15)4-2-3-7-16-10-5-6-11(13)12(14)8-10/h5-6,8H,2-4,7H2,1H3. The van der Waals surface area contributed by atoms with Crippen molar-refractivity contribution in [2.75, 3.05) is 6.61 Å². The van der Waals surface area contributed by atoms with Gasteiger partial charge in [0.25, 0.3) is 0 Å². The molecule has 0 aliphatic heterocycles. The summed E-state index contributed by atoms with van der Waals surface area (Å²) < 4.78 is 18.3. The number of ether oxygens (including phenoxy) is 1. The highest BCUT2D eigenvalue weighted by Gasteiger charge is 2.01. The van der Waals surface area contributed by atoms with Crippen LogP contribution in [0.1, 0.15) is 26.2 Å². The Morgan fingerprint density at radius 3 is 2.81 bits per heavy atom. The summed E-state index contributed by atoms with van der Waals surface area (Å²) in [5, 5.41) is 0.0870. The number of carbonyl (C=O) groups is 1. The lowest BCUT2D eigenvalue weighted by molar-refractivity contribution is -0.117. The van der Waals surface area contributed by atoms with Crippen LogP contribution in [0.3, 0.4) is 0 Å². The van der Waals surface area contributed by atoms with Crippen LogP contribution >= 0.6 is 11.6 Å². The minimum Gasteiger partial charge on any atom is -0.493 e. The average molecular weight is 245 g/mol. The van der Waals surface area contributed by atoms with Crippen LogP contribution in [0.4, 0.5) is 4.39 Å². The van der Waals surface area contributed by atoms with Crippen LogP contribution in [0.2, 0.25) is 5.02 Å². The van der Waals surface area contributed by atoms with E-state index in [9.17, 15) is 9.18 Å². The van der Waals surface area contributed by atoms with Gasteiger partial charge in [-0.3, -0.25) is 0 Å². The number of Topliss-reactive ketones (excluding diaryl/α,β-unsaturated/α-hetero) is 1. The molecule has 0 saturated heterocycles. The third-order valence-electron chi connectivity index (χ3n) is 2.08. The van der Waals surface area contributed by atoms with Crippen LogP contribution in [0.25, 0.3) is 0 Å². The van der Waals surface area contributed by atoms with Crippen LogP contribution in [-0.4, -0.2) is 12.4 Å². The molecule has 0 bridgehead atoms. The van der Waals surface area contributed by atoms with Crippen LogP contribution in [0, 0.1) is 5.82 Å². The van der Waals surface area contributed by atoms with Crippen molar-refractivity contribution in [3.63, 3.8) is 0 Å². The summed E-state index contributed by atoms with van der Waals surface area (Å²) in [6.07, 6.45) is 2.15. The topological polar surface area (TPSA) is 26.3 Å². The Morgan fingerprint density at radius 2 is 2.19 bits per heavy atom. The summed E-state index contributed by atoms with van der Waals surface area (Å²) in [4.78, 5) is 10.7. The van der Waals surface area contributed by atoms with Gasteiger partial charge >= 0.3 is 0 Å². The third kappa shape index (κ3) is 4.62. The van der Waals surface area contributed by atoms with Gasteiger partial charge < -0.3 is 9.53 Å². The minimum atomic E-state index is -0.483. The second-order valence-electron chi connectivity index (χ2n) is 3.58. The Balaban J connectivity index is 2.27. The maximum Gasteiger partial charge on any atom is 0.145 e. The zero-order chi connectivity index (χ0) is 12.0. The molecule has 0 atom stereocenters. The largest absolute Gasteiger partial charge is 0.493 e. The lowest BCUT2D eigenvalue weighted by Crippen LogP contribution is -1.99. The molecule has 0 radical (unpaired) electrons. The van der Waals surface area contributed by atoms with Crippen molar-refractivity contribution in [2.24, 2.45) is 0 Å². The van der Waals surface area contributed by atoms with Crippen molar-refractivity contribution >= 4 is 17.4 Å². The van der Waals surface area contributed by atoms with Crippen LogP contribution in [0.5, 0.6) is 5.75 Å². The molecule has 0 spiro atoms. The number of hydrogen-bond donors (Lipinski definition) is 0. The second kappa shape index (κ2) is 6.48. The molecule has 0 heterocycles. The Labute approximate surface area is 99.4 Å². The molecule has 0 aromatic heterocycles. The average Bonchev–Trinajstić information content (AvgIpc) is 2.22. The number of rotatable bonds is 6. The van der Waals surface area contributed by atoms with E-state index in [0.29, 0.717) is 18.8 Å². The van der Waals surface area contributed by atoms with E-state index in [1.807, 2.05) is 0 Å². The van der Waals surface area contributed by atoms with Crippen molar-refractivity contribution < 1.29 is 13.9 Å². The zero-order valence-electron chi connectivity index (χ0n) is 9.13. The molecule has 0 aliphatic carbocycles. The van der Waals surface area contributed by atoms with Gasteiger partial charge in [-0.05, 0) is 31.9 Å². The molecule has 0 saturated carbocycles. The number of benzene rings is 1. The van der Waals surface area contributed by atoms with Crippen LogP contribution in [-0.2, 0) is 4.79 Å². The van der Waals surface area contributed by atoms with Crippen molar-refractivity contribution in [2.45, 2.75) is 26.2 Å². The quantitative estimate of drug-likeness (QED) is 0.715. The summed E-state index contributed by atoms with van der Waals surface area (Å²) in [7, 11) is 0. The lowest BCUT2D eigenvalue weighted by Gasteiger charge is -2.06. The van der Waals surface area contributed by atoms with Gasteiger partial charge in [0.2, 0.25) is 0 Å². The first-order valence-electron chi connectivity index (χ1n) is 5.17. The van der Waals surface area contributed by atoms with Crippen molar-refractivity contribution in [3.8, 4) is 5.75 Å². The first kappa shape index (κ1) is 13.0. The fourth-order valence-corrected chi connectivity index (χ4v) is 1.35. The third-order valence-corrected chi connectivity index (χ3v) is 2.39. The molecule has 1 aromatic carbocycles. The van der Waals surface area contributed by atoms with Gasteiger partial charge in [-0.15, -0.1) is 0 Å². The molecule has 0 N–H and O–H groups in total. The van der Waals surface area contributed by atoms with E-state index in [4.69, 9.17) is 16.3 Å². The van der Waals surface area contributed by atoms with Crippen LogP contribution in [0.15, 0.2) is 18.2 Å². The van der Waals surface area contributed by atoms with Crippen LogP contribution < -0.4 is 4.74 Å². The summed E-state index contributed by atoms with van der Waals surface area (Å²) in [5.41, 5.74) is 0. The maximum atomic E-state index is 13.0. The van der Waals surface area contributed by atoms with Crippen molar-refractivity contribution in [1.29, 1.82) is 0 Å². The molecule has 16 heavy (non-hydrogen) atoms. The lowest BCUT2D eigenvalue weighted by atomic mass is 10.2. The summed E-state index contributed by atoms with van der Waals surface area (Å²) >= 11 is 5.53. The van der Waals surface area contributed by atoms with Crippen molar-refractivity contribution in [3.05, 3.63) is 29.0 Å². The minimum absolute atomic E-state index is 0.0870. The molecule has 0 aliphatic rings. The zero-order valence-corrected chi connectivity index (χ0v) is 9.89. The van der Waals surface area contributed by atoms with E-state index >= 15 is 0 Å². The SMILES string of the molecule is CC(=O)CCCCOc1ccc(Cl)c(F)c1. The fourth-order valence-electron chi connectivity index (χ4n) is 1.23. The first-order valence-corrected chi connectivity index (χ1v) is 5.54. The molecule has 0 fully saturated rings. The monoisotopic (exact) mass is 244 g/mol. The van der Waals surface area contributed by atoms with E-state index in [0.717, 1.165) is 12.8 Å². The van der Waals surface area contributed by atoms with Gasteiger partial charge in [0.05, 0.1) is 11.6 Å². The molecule has 0 unspecified atom stereocenters. The Kier molecular flexibility index (Phi) is 5.26. The van der Waals surface area contributed by atoms with E-state index in [2.05, 4.69) is 0 Å². The molecule has 4 heteroatoms. The number of carbonyl (C=O) groups excluding carboxylic acids is 1. The predicted molar refractivity (Wildman–Crippen MR) is 61.4 cm³/mol. The number of halogens is 2. The summed E-state index contributed by atoms with van der Waals surface area (Å²) in [6, 6.07) is 4.34. The number of hydrogen-bond acceptors (Lipinski definition) is 2. The summed E-state index contributed by atoms with van der Waals surface area (Å²) in [6.45, 7) is 2.05. The molecule has 88 valence electrons.